The zero-order chi connectivity index (χ0) is 24.7. The highest BCUT2D eigenvalue weighted by Crippen LogP contribution is 2.36. The molecule has 1 fully saturated rings. The molecule has 0 atom stereocenters. The van der Waals surface area contributed by atoms with Crippen molar-refractivity contribution >= 4 is 12.2 Å². The molecule has 1 aliphatic carbocycles. The van der Waals surface area contributed by atoms with Gasteiger partial charge in [0.05, 0.1) is 36.6 Å². The van der Waals surface area contributed by atoms with Crippen molar-refractivity contribution in [3.63, 3.8) is 0 Å². The molecule has 6 heteroatoms. The number of ether oxygens (including phenoxy) is 3. The van der Waals surface area contributed by atoms with Gasteiger partial charge >= 0.3 is 0 Å². The molecule has 0 unspecified atom stereocenters. The average Bonchev–Trinajstić information content (AvgIpc) is 2.80. The van der Waals surface area contributed by atoms with Crippen LogP contribution in [0.4, 0.5) is 5.69 Å². The van der Waals surface area contributed by atoms with Gasteiger partial charge in [-0.15, -0.1) is 0 Å². The molecule has 2 rings (SSSR count). The number of nitriles is 1. The molecule has 1 aromatic carbocycles. The lowest BCUT2D eigenvalue weighted by Crippen LogP contribution is -2.31. The van der Waals surface area contributed by atoms with Gasteiger partial charge in [-0.1, -0.05) is 40.5 Å². The lowest BCUT2D eigenvalue weighted by Gasteiger charge is -2.34. The quantitative estimate of drug-likeness (QED) is 0.276. The Morgan fingerprint density at radius 3 is 2.33 bits per heavy atom. The highest BCUT2D eigenvalue weighted by Gasteiger charge is 2.26. The highest BCUT2D eigenvalue weighted by atomic mass is 16.5. The number of hydrogen-bond donors (Lipinski definition) is 0. The number of anilines is 1. The third-order valence-corrected chi connectivity index (χ3v) is 6.36. The van der Waals surface area contributed by atoms with E-state index in [1.54, 1.807) is 25.3 Å². The minimum absolute atomic E-state index is 0.382. The molecule has 0 heterocycles. The van der Waals surface area contributed by atoms with Crippen LogP contribution in [-0.2, 0) is 14.3 Å². The Balaban J connectivity index is 0.000000361. The van der Waals surface area contributed by atoms with Crippen molar-refractivity contribution in [3.8, 4) is 11.8 Å². The van der Waals surface area contributed by atoms with Crippen LogP contribution in [0.15, 0.2) is 18.2 Å². The molecule has 0 aromatic heterocycles. The largest absolute Gasteiger partial charge is 0.427 e. The lowest BCUT2D eigenvalue weighted by atomic mass is 9.76. The summed E-state index contributed by atoms with van der Waals surface area (Å²) in [6, 6.07) is 7.61. The number of hydrogen-bond acceptors (Lipinski definition) is 6. The van der Waals surface area contributed by atoms with Gasteiger partial charge in [0.2, 0.25) is 0 Å². The van der Waals surface area contributed by atoms with E-state index < -0.39 is 0 Å². The average molecular weight is 461 g/mol. The summed E-state index contributed by atoms with van der Waals surface area (Å²) in [5, 5.41) is 9.03. The molecule has 33 heavy (non-hydrogen) atoms. The first kappa shape index (κ1) is 28.9. The second kappa shape index (κ2) is 15.7. The summed E-state index contributed by atoms with van der Waals surface area (Å²) in [4.78, 5) is 12.7. The van der Waals surface area contributed by atoms with Gasteiger partial charge in [-0.05, 0) is 62.1 Å². The van der Waals surface area contributed by atoms with Crippen molar-refractivity contribution in [2.45, 2.75) is 91.2 Å². The smallest absolute Gasteiger partial charge is 0.298 e. The van der Waals surface area contributed by atoms with Crippen molar-refractivity contribution in [2.24, 2.45) is 5.41 Å². The predicted octanol–water partition coefficient (Wildman–Crippen LogP) is 6.12. The molecule has 6 nitrogen and oxygen atoms in total. The third kappa shape index (κ3) is 10.6. The zero-order valence-corrected chi connectivity index (χ0v) is 21.6. The van der Waals surface area contributed by atoms with Crippen LogP contribution >= 0.6 is 0 Å². The van der Waals surface area contributed by atoms with Crippen LogP contribution in [0.3, 0.4) is 0 Å². The Kier molecular flexibility index (Phi) is 13.8. The Labute approximate surface area is 201 Å². The maximum atomic E-state index is 10.6. The van der Waals surface area contributed by atoms with Gasteiger partial charge in [0.1, 0.15) is 0 Å². The zero-order valence-electron chi connectivity index (χ0n) is 21.6. The SMILES string of the molecule is CCCC(CCC)N(C)c1cc(C#N)ccc1OC=O.COCCOC1CCC(C)(C)CC1. The molecule has 0 aliphatic heterocycles. The number of carbonyl (C=O) groups excluding carboxylic acids is 1. The molecule has 186 valence electrons. The van der Waals surface area contributed by atoms with E-state index in [4.69, 9.17) is 19.5 Å². The summed E-state index contributed by atoms with van der Waals surface area (Å²) in [6.45, 7) is 10.9. The van der Waals surface area contributed by atoms with Crippen LogP contribution in [-0.4, -0.2) is 46.0 Å². The Hall–Kier alpha value is -2.10. The van der Waals surface area contributed by atoms with Crippen LogP contribution < -0.4 is 9.64 Å². The van der Waals surface area contributed by atoms with Crippen molar-refractivity contribution in [3.05, 3.63) is 23.8 Å². The van der Waals surface area contributed by atoms with Gasteiger partial charge in [0.15, 0.2) is 5.75 Å². The first-order valence-corrected chi connectivity index (χ1v) is 12.3. The van der Waals surface area contributed by atoms with Crippen LogP contribution in [0.5, 0.6) is 5.75 Å². The maximum Gasteiger partial charge on any atom is 0.298 e. The summed E-state index contributed by atoms with van der Waals surface area (Å²) >= 11 is 0. The van der Waals surface area contributed by atoms with Gasteiger partial charge in [-0.3, -0.25) is 4.79 Å². The van der Waals surface area contributed by atoms with E-state index in [-0.39, 0.29) is 0 Å². The summed E-state index contributed by atoms with van der Waals surface area (Å²) in [5.74, 6) is 0.499. The molecule has 0 saturated heterocycles. The lowest BCUT2D eigenvalue weighted by molar-refractivity contribution is -0.120. The first-order chi connectivity index (χ1) is 15.8. The summed E-state index contributed by atoms with van der Waals surface area (Å²) in [7, 11) is 3.71. The van der Waals surface area contributed by atoms with Gasteiger partial charge < -0.3 is 19.1 Å². The fourth-order valence-electron chi connectivity index (χ4n) is 4.25. The Bertz CT molecular complexity index is 713. The van der Waals surface area contributed by atoms with Crippen LogP contribution in [0.25, 0.3) is 0 Å². The molecular weight excluding hydrogens is 416 g/mol. The minimum atomic E-state index is 0.382. The van der Waals surface area contributed by atoms with Crippen LogP contribution in [0.2, 0.25) is 0 Å². The van der Waals surface area contributed by atoms with Crippen molar-refractivity contribution in [1.29, 1.82) is 5.26 Å². The fraction of sp³-hybridized carbons (Fsp3) is 0.704. The van der Waals surface area contributed by atoms with E-state index >= 15 is 0 Å². The molecule has 0 bridgehead atoms. The highest BCUT2D eigenvalue weighted by molar-refractivity contribution is 5.65. The van der Waals surface area contributed by atoms with E-state index in [9.17, 15) is 4.79 Å². The second-order valence-corrected chi connectivity index (χ2v) is 9.58. The van der Waals surface area contributed by atoms with E-state index in [1.165, 1.54) is 25.7 Å². The van der Waals surface area contributed by atoms with Crippen LogP contribution in [0.1, 0.15) is 84.6 Å². The molecular formula is C27H44N2O4. The van der Waals surface area contributed by atoms with Gasteiger partial charge in [0, 0.05) is 20.2 Å². The molecule has 0 radical (unpaired) electrons. The van der Waals surface area contributed by atoms with Crippen molar-refractivity contribution in [2.75, 3.05) is 32.3 Å². The predicted molar refractivity (Wildman–Crippen MR) is 134 cm³/mol. The number of rotatable bonds is 12. The van der Waals surface area contributed by atoms with Gasteiger partial charge in [-0.25, -0.2) is 0 Å². The Morgan fingerprint density at radius 1 is 1.18 bits per heavy atom. The summed E-state index contributed by atoms with van der Waals surface area (Å²) in [5.41, 5.74) is 1.90. The van der Waals surface area contributed by atoms with Crippen molar-refractivity contribution in [1.82, 2.24) is 0 Å². The molecule has 1 aromatic rings. The van der Waals surface area contributed by atoms with Gasteiger partial charge in [0.25, 0.3) is 6.47 Å². The molecule has 1 aliphatic rings. The molecule has 0 amide bonds. The van der Waals surface area contributed by atoms with E-state index in [2.05, 4.69) is 38.7 Å². The maximum absolute atomic E-state index is 10.6. The number of benzene rings is 1. The monoisotopic (exact) mass is 460 g/mol. The summed E-state index contributed by atoms with van der Waals surface area (Å²) in [6.07, 6.45) is 9.85. The molecule has 0 N–H and O–H groups in total. The molecule has 1 saturated carbocycles. The van der Waals surface area contributed by atoms with E-state index in [1.807, 2.05) is 7.05 Å². The van der Waals surface area contributed by atoms with E-state index in [0.29, 0.717) is 35.3 Å². The number of methoxy groups -OCH3 is 1. The van der Waals surface area contributed by atoms with E-state index in [0.717, 1.165) is 44.6 Å². The second-order valence-electron chi connectivity index (χ2n) is 9.58. The fourth-order valence-corrected chi connectivity index (χ4v) is 4.25. The third-order valence-electron chi connectivity index (χ3n) is 6.36. The first-order valence-electron chi connectivity index (χ1n) is 12.3. The molecule has 0 spiro atoms. The van der Waals surface area contributed by atoms with Crippen molar-refractivity contribution < 1.29 is 19.0 Å². The summed E-state index contributed by atoms with van der Waals surface area (Å²) < 4.78 is 15.7. The number of nitrogens with zero attached hydrogens (tertiary/aromatic N) is 2. The van der Waals surface area contributed by atoms with Gasteiger partial charge in [-0.2, -0.15) is 5.26 Å². The standard InChI is InChI=1S/C16H22N2O2.C11H22O2/c1-4-6-14(7-5-2)18(3)15-10-13(11-17)8-9-16(15)20-12-19;1-11(2)6-4-10(5-7-11)13-9-8-12-3/h8-10,12,14H,4-7H2,1-3H3;10H,4-9H2,1-3H3. The normalized spacial score (nSPS) is 15.3. The topological polar surface area (TPSA) is 71.8 Å². The van der Waals surface area contributed by atoms with Crippen LogP contribution in [0, 0.1) is 16.7 Å². The minimum Gasteiger partial charge on any atom is -0.427 e. The number of carbonyl (C=O) groups is 1. The Morgan fingerprint density at radius 2 is 1.82 bits per heavy atom.